The number of alkyl halides is 3. The zero-order valence-electron chi connectivity index (χ0n) is 17.1. The van der Waals surface area contributed by atoms with Gasteiger partial charge in [0, 0.05) is 17.1 Å². The van der Waals surface area contributed by atoms with Crippen LogP contribution in [-0.4, -0.2) is 14.4 Å². The molecule has 0 saturated heterocycles. The molecule has 0 atom stereocenters. The van der Waals surface area contributed by atoms with Crippen molar-refractivity contribution in [3.8, 4) is 6.07 Å². The lowest BCUT2D eigenvalue weighted by molar-refractivity contribution is -0.137. The monoisotopic (exact) mass is 474 g/mol. The van der Waals surface area contributed by atoms with Gasteiger partial charge in [0.25, 0.3) is 10.0 Å². The Morgan fingerprint density at radius 3 is 2.12 bits per heavy atom. The van der Waals surface area contributed by atoms with Crippen LogP contribution in [0.15, 0.2) is 71.6 Å². The van der Waals surface area contributed by atoms with Crippen molar-refractivity contribution < 1.29 is 26.4 Å². The van der Waals surface area contributed by atoms with E-state index in [1.165, 1.54) is 48.5 Å². The van der Waals surface area contributed by atoms with E-state index in [2.05, 4.69) is 15.4 Å². The van der Waals surface area contributed by atoms with Crippen molar-refractivity contribution in [2.75, 3.05) is 15.4 Å². The molecule has 7 nitrogen and oxygen atoms in total. The fourth-order valence-electron chi connectivity index (χ4n) is 2.86. The Kier molecular flexibility index (Phi) is 6.60. The van der Waals surface area contributed by atoms with Crippen molar-refractivity contribution in [1.82, 2.24) is 0 Å². The van der Waals surface area contributed by atoms with Gasteiger partial charge in [-0.25, -0.2) is 13.2 Å². The van der Waals surface area contributed by atoms with Crippen molar-refractivity contribution in [3.63, 3.8) is 0 Å². The Labute approximate surface area is 187 Å². The summed E-state index contributed by atoms with van der Waals surface area (Å²) in [5.41, 5.74) is 0.133. The maximum absolute atomic E-state index is 12.8. The molecular weight excluding hydrogens is 457 g/mol. The summed E-state index contributed by atoms with van der Waals surface area (Å²) in [5.74, 6) is 0. The summed E-state index contributed by atoms with van der Waals surface area (Å²) in [5, 5.41) is 13.5. The summed E-state index contributed by atoms with van der Waals surface area (Å²) in [4.78, 5) is 12.1. The van der Waals surface area contributed by atoms with Crippen LogP contribution in [0, 0.1) is 18.3 Å². The lowest BCUT2D eigenvalue weighted by Crippen LogP contribution is -2.20. The molecule has 0 spiro atoms. The fraction of sp³-hybridized carbons (Fsp3) is 0.0909. The third-order valence-electron chi connectivity index (χ3n) is 4.45. The second-order valence-corrected chi connectivity index (χ2v) is 8.58. The summed E-state index contributed by atoms with van der Waals surface area (Å²) in [6, 6.07) is 15.2. The minimum absolute atomic E-state index is 0.0789. The lowest BCUT2D eigenvalue weighted by atomic mass is 10.2. The first kappa shape index (κ1) is 23.6. The largest absolute Gasteiger partial charge is 0.416 e. The molecule has 0 aliphatic rings. The van der Waals surface area contributed by atoms with E-state index in [1.807, 2.05) is 6.07 Å². The number of sulfonamides is 1. The molecule has 0 heterocycles. The van der Waals surface area contributed by atoms with E-state index in [4.69, 9.17) is 5.26 Å². The number of amides is 2. The highest BCUT2D eigenvalue weighted by Crippen LogP contribution is 2.30. The number of hydrogen-bond donors (Lipinski definition) is 3. The molecule has 33 heavy (non-hydrogen) atoms. The molecular formula is C22H17F3N4O3S. The van der Waals surface area contributed by atoms with Gasteiger partial charge < -0.3 is 10.6 Å². The second-order valence-electron chi connectivity index (χ2n) is 6.93. The number of nitriles is 1. The number of rotatable bonds is 5. The van der Waals surface area contributed by atoms with Gasteiger partial charge in [-0.05, 0) is 67.1 Å². The van der Waals surface area contributed by atoms with Crippen LogP contribution in [0.4, 0.5) is 35.0 Å². The number of anilines is 3. The summed E-state index contributed by atoms with van der Waals surface area (Å²) in [7, 11) is -4.03. The maximum atomic E-state index is 12.8. The molecule has 0 saturated carbocycles. The highest BCUT2D eigenvalue weighted by atomic mass is 32.2. The highest BCUT2D eigenvalue weighted by molar-refractivity contribution is 7.92. The Bertz CT molecular complexity index is 1330. The van der Waals surface area contributed by atoms with Crippen LogP contribution in [0.3, 0.4) is 0 Å². The smallest absolute Gasteiger partial charge is 0.308 e. The third kappa shape index (κ3) is 6.02. The minimum atomic E-state index is -4.56. The van der Waals surface area contributed by atoms with E-state index in [0.717, 1.165) is 18.2 Å². The summed E-state index contributed by atoms with van der Waals surface area (Å²) in [6.07, 6.45) is -4.56. The first-order chi connectivity index (χ1) is 15.5. The van der Waals surface area contributed by atoms with Crippen molar-refractivity contribution in [3.05, 3.63) is 83.4 Å². The SMILES string of the molecule is Cc1ccc(NC(=O)Nc2cccc(C(F)(F)F)c2)cc1S(=O)(=O)Nc1ccc(C#N)cc1. The van der Waals surface area contributed by atoms with Gasteiger partial charge in [-0.15, -0.1) is 0 Å². The molecule has 0 aliphatic heterocycles. The Balaban J connectivity index is 1.77. The Hall–Kier alpha value is -4.04. The van der Waals surface area contributed by atoms with Gasteiger partial charge in [-0.3, -0.25) is 4.72 Å². The molecule has 0 fully saturated rings. The van der Waals surface area contributed by atoms with E-state index < -0.39 is 27.8 Å². The summed E-state index contributed by atoms with van der Waals surface area (Å²) >= 11 is 0. The van der Waals surface area contributed by atoms with Crippen LogP contribution in [0.25, 0.3) is 0 Å². The number of hydrogen-bond acceptors (Lipinski definition) is 4. The lowest BCUT2D eigenvalue weighted by Gasteiger charge is -2.14. The van der Waals surface area contributed by atoms with Crippen LogP contribution in [0.2, 0.25) is 0 Å². The van der Waals surface area contributed by atoms with Gasteiger partial charge in [-0.2, -0.15) is 18.4 Å². The first-order valence-electron chi connectivity index (χ1n) is 9.37. The van der Waals surface area contributed by atoms with E-state index in [1.54, 1.807) is 6.92 Å². The molecule has 3 aromatic carbocycles. The zero-order chi connectivity index (χ0) is 24.2. The van der Waals surface area contributed by atoms with Crippen LogP contribution < -0.4 is 15.4 Å². The first-order valence-corrected chi connectivity index (χ1v) is 10.9. The standard InChI is InChI=1S/C22H17F3N4O3S/c1-14-5-8-19(28-21(30)27-18-4-2-3-16(11-18)22(23,24)25)12-20(14)33(31,32)29-17-9-6-15(13-26)7-10-17/h2-12,29H,1H3,(H2,27,28,30). The topological polar surface area (TPSA) is 111 Å². The number of halogens is 3. The predicted octanol–water partition coefficient (Wildman–Crippen LogP) is 5.33. The molecule has 3 rings (SSSR count). The summed E-state index contributed by atoms with van der Waals surface area (Å²) in [6.45, 7) is 1.57. The molecule has 11 heteroatoms. The molecule has 0 aliphatic carbocycles. The number of nitrogens with one attached hydrogen (secondary N) is 3. The number of urea groups is 1. The normalized spacial score (nSPS) is 11.4. The van der Waals surface area contributed by atoms with Crippen molar-refractivity contribution in [2.24, 2.45) is 0 Å². The molecule has 2 amide bonds. The number of carbonyl (C=O) groups excluding carboxylic acids is 1. The van der Waals surface area contributed by atoms with Crippen molar-refractivity contribution >= 4 is 33.1 Å². The van der Waals surface area contributed by atoms with E-state index in [-0.39, 0.29) is 22.0 Å². The second kappa shape index (κ2) is 9.22. The van der Waals surface area contributed by atoms with Crippen LogP contribution >= 0.6 is 0 Å². The van der Waals surface area contributed by atoms with Crippen LogP contribution in [0.1, 0.15) is 16.7 Å². The van der Waals surface area contributed by atoms with Crippen molar-refractivity contribution in [1.29, 1.82) is 5.26 Å². The highest BCUT2D eigenvalue weighted by Gasteiger charge is 2.30. The van der Waals surface area contributed by atoms with E-state index in [0.29, 0.717) is 11.1 Å². The van der Waals surface area contributed by atoms with Gasteiger partial charge in [0.05, 0.1) is 22.1 Å². The molecule has 0 bridgehead atoms. The van der Waals surface area contributed by atoms with Crippen molar-refractivity contribution in [2.45, 2.75) is 18.0 Å². The third-order valence-corrected chi connectivity index (χ3v) is 5.97. The van der Waals surface area contributed by atoms with Gasteiger partial charge in [0.15, 0.2) is 0 Å². The average Bonchev–Trinajstić information content (AvgIpc) is 2.75. The Morgan fingerprint density at radius 1 is 0.909 bits per heavy atom. The van der Waals surface area contributed by atoms with Crippen LogP contribution in [0.5, 0.6) is 0 Å². The predicted molar refractivity (Wildman–Crippen MR) is 117 cm³/mol. The molecule has 0 unspecified atom stereocenters. The molecule has 170 valence electrons. The van der Waals surface area contributed by atoms with Crippen LogP contribution in [-0.2, 0) is 16.2 Å². The number of benzene rings is 3. The molecule has 0 aromatic heterocycles. The molecule has 0 radical (unpaired) electrons. The number of nitrogens with zero attached hydrogens (tertiary/aromatic N) is 1. The average molecular weight is 474 g/mol. The number of aryl methyl sites for hydroxylation is 1. The Morgan fingerprint density at radius 2 is 1.52 bits per heavy atom. The molecule has 3 N–H and O–H groups in total. The van der Waals surface area contributed by atoms with E-state index in [9.17, 15) is 26.4 Å². The van der Waals surface area contributed by atoms with Gasteiger partial charge in [0.2, 0.25) is 0 Å². The zero-order valence-corrected chi connectivity index (χ0v) is 17.9. The quantitative estimate of drug-likeness (QED) is 0.464. The van der Waals surface area contributed by atoms with Gasteiger partial charge in [-0.1, -0.05) is 12.1 Å². The summed E-state index contributed by atoms with van der Waals surface area (Å²) < 4.78 is 66.6. The minimum Gasteiger partial charge on any atom is -0.308 e. The molecule has 3 aromatic rings. The van der Waals surface area contributed by atoms with E-state index >= 15 is 0 Å². The van der Waals surface area contributed by atoms with Gasteiger partial charge in [0.1, 0.15) is 0 Å². The maximum Gasteiger partial charge on any atom is 0.416 e. The van der Waals surface area contributed by atoms with Gasteiger partial charge >= 0.3 is 12.2 Å². The number of carbonyl (C=O) groups is 1. The fourth-order valence-corrected chi connectivity index (χ4v) is 4.19.